The maximum absolute atomic E-state index is 11.7. The fourth-order valence-corrected chi connectivity index (χ4v) is 3.03. The van der Waals surface area contributed by atoms with Crippen molar-refractivity contribution in [3.63, 3.8) is 0 Å². The first-order chi connectivity index (χ1) is 9.02. The quantitative estimate of drug-likeness (QED) is 0.743. The van der Waals surface area contributed by atoms with Gasteiger partial charge in [0, 0.05) is 23.5 Å². The zero-order valence-corrected chi connectivity index (χ0v) is 12.9. The van der Waals surface area contributed by atoms with Crippen LogP contribution in [0, 0.1) is 0 Å². The van der Waals surface area contributed by atoms with E-state index in [4.69, 9.17) is 4.74 Å². The van der Waals surface area contributed by atoms with Crippen molar-refractivity contribution in [3.05, 3.63) is 44.2 Å². The number of H-pyrrole nitrogens is 1. The molecule has 104 valence electrons. The van der Waals surface area contributed by atoms with Crippen LogP contribution in [0.3, 0.4) is 0 Å². The molecule has 4 atom stereocenters. The summed E-state index contributed by atoms with van der Waals surface area (Å²) in [4.78, 5) is 26.3. The van der Waals surface area contributed by atoms with Gasteiger partial charge in [-0.15, -0.1) is 0 Å². The predicted octanol–water partition coefficient (Wildman–Crippen LogP) is 0.857. The van der Waals surface area contributed by atoms with Gasteiger partial charge in [0.2, 0.25) is 0 Å². The third-order valence-electron chi connectivity index (χ3n) is 2.87. The summed E-state index contributed by atoms with van der Waals surface area (Å²) < 4.78 is 6.97. The number of alkyl halides is 1. The first-order valence-electron chi connectivity index (χ1n) is 5.59. The molecule has 1 aliphatic rings. The van der Waals surface area contributed by atoms with Gasteiger partial charge < -0.3 is 9.84 Å². The molecule has 2 heterocycles. The van der Waals surface area contributed by atoms with Gasteiger partial charge in [-0.2, -0.15) is 0 Å². The number of ether oxygens (including phenoxy) is 1. The van der Waals surface area contributed by atoms with Crippen LogP contribution in [0.1, 0.15) is 12.6 Å². The van der Waals surface area contributed by atoms with Crippen LogP contribution in [0.15, 0.2) is 32.9 Å². The summed E-state index contributed by atoms with van der Waals surface area (Å²) >= 11 is 6.52. The number of rotatable bonds is 3. The van der Waals surface area contributed by atoms with Gasteiger partial charge >= 0.3 is 5.69 Å². The van der Waals surface area contributed by atoms with Gasteiger partial charge in [0.05, 0.1) is 0 Å². The number of aliphatic hydroxyl groups excluding tert-OH is 1. The van der Waals surface area contributed by atoms with Crippen LogP contribution in [0.25, 0.3) is 0 Å². The Morgan fingerprint density at radius 2 is 2.32 bits per heavy atom. The SMILES string of the molecule is O=c1ccn([C@H]2C[C@H](Br)[C@@H](C(O)/C=C/Br)O2)c(=O)[nH]1. The van der Waals surface area contributed by atoms with E-state index < -0.39 is 29.7 Å². The molecule has 6 nitrogen and oxygen atoms in total. The molecule has 0 amide bonds. The largest absolute Gasteiger partial charge is 0.386 e. The fourth-order valence-electron chi connectivity index (χ4n) is 1.96. The Morgan fingerprint density at radius 3 is 2.95 bits per heavy atom. The van der Waals surface area contributed by atoms with Crippen LogP contribution in [0.4, 0.5) is 0 Å². The monoisotopic (exact) mass is 394 g/mol. The molecule has 1 aromatic heterocycles. The molecule has 0 saturated carbocycles. The minimum Gasteiger partial charge on any atom is -0.386 e. The summed E-state index contributed by atoms with van der Waals surface area (Å²) in [5.74, 6) is 0. The van der Waals surface area contributed by atoms with Crippen molar-refractivity contribution in [3.8, 4) is 0 Å². The van der Waals surface area contributed by atoms with Crippen molar-refractivity contribution in [2.24, 2.45) is 0 Å². The van der Waals surface area contributed by atoms with Crippen molar-refractivity contribution in [2.75, 3.05) is 0 Å². The molecule has 19 heavy (non-hydrogen) atoms. The molecule has 1 aromatic rings. The summed E-state index contributed by atoms with van der Waals surface area (Å²) in [7, 11) is 0. The van der Waals surface area contributed by atoms with Crippen LogP contribution in [0.5, 0.6) is 0 Å². The van der Waals surface area contributed by atoms with E-state index in [0.717, 1.165) is 0 Å². The molecule has 0 aromatic carbocycles. The third-order valence-corrected chi connectivity index (χ3v) is 4.07. The summed E-state index contributed by atoms with van der Waals surface area (Å²) in [6.07, 6.45) is 1.70. The molecule has 2 N–H and O–H groups in total. The third kappa shape index (κ3) is 3.25. The first kappa shape index (κ1) is 14.7. The van der Waals surface area contributed by atoms with Crippen LogP contribution in [-0.2, 0) is 4.74 Å². The van der Waals surface area contributed by atoms with Crippen LogP contribution >= 0.6 is 31.9 Å². The topological polar surface area (TPSA) is 84.3 Å². The lowest BCUT2D eigenvalue weighted by Crippen LogP contribution is -2.33. The van der Waals surface area contributed by atoms with E-state index in [0.29, 0.717) is 6.42 Å². The average molecular weight is 396 g/mol. The highest BCUT2D eigenvalue weighted by Gasteiger charge is 2.38. The second-order valence-corrected chi connectivity index (χ2v) is 5.84. The Balaban J connectivity index is 2.21. The average Bonchev–Trinajstić information content (AvgIpc) is 2.71. The molecule has 1 saturated heterocycles. The predicted molar refractivity (Wildman–Crippen MR) is 76.6 cm³/mol. The van der Waals surface area contributed by atoms with E-state index in [1.165, 1.54) is 16.8 Å². The van der Waals surface area contributed by atoms with E-state index in [1.54, 1.807) is 11.1 Å². The first-order valence-corrected chi connectivity index (χ1v) is 7.42. The van der Waals surface area contributed by atoms with Crippen LogP contribution in [-0.4, -0.2) is 31.7 Å². The number of aromatic amines is 1. The van der Waals surface area contributed by atoms with Crippen molar-refractivity contribution in [1.82, 2.24) is 9.55 Å². The number of hydrogen-bond acceptors (Lipinski definition) is 4. The van der Waals surface area contributed by atoms with Crippen molar-refractivity contribution >= 4 is 31.9 Å². The summed E-state index contributed by atoms with van der Waals surface area (Å²) in [5.41, 5.74) is -0.975. The molecule has 1 aliphatic heterocycles. The lowest BCUT2D eigenvalue weighted by molar-refractivity contribution is -0.0445. The van der Waals surface area contributed by atoms with Crippen LogP contribution in [0.2, 0.25) is 0 Å². The zero-order valence-electron chi connectivity index (χ0n) is 9.70. The van der Waals surface area contributed by atoms with E-state index in [-0.39, 0.29) is 4.83 Å². The second-order valence-electron chi connectivity index (χ2n) is 4.13. The summed E-state index contributed by atoms with van der Waals surface area (Å²) in [6, 6.07) is 1.26. The number of nitrogens with zero attached hydrogens (tertiary/aromatic N) is 1. The zero-order chi connectivity index (χ0) is 14.0. The maximum Gasteiger partial charge on any atom is 0.330 e. The number of hydrogen-bond donors (Lipinski definition) is 2. The van der Waals surface area contributed by atoms with Gasteiger partial charge in [0.1, 0.15) is 18.4 Å². The van der Waals surface area contributed by atoms with Gasteiger partial charge in [0.25, 0.3) is 5.56 Å². The Labute approximate surface area is 125 Å². The van der Waals surface area contributed by atoms with Gasteiger partial charge in [-0.05, 0) is 11.1 Å². The maximum atomic E-state index is 11.7. The highest BCUT2D eigenvalue weighted by Crippen LogP contribution is 2.34. The lowest BCUT2D eigenvalue weighted by Gasteiger charge is -2.18. The molecular formula is C11H12Br2N2O4. The molecule has 8 heteroatoms. The van der Waals surface area contributed by atoms with E-state index in [2.05, 4.69) is 36.8 Å². The Kier molecular flexibility index (Phi) is 4.77. The van der Waals surface area contributed by atoms with Gasteiger partial charge in [-0.25, -0.2) is 4.79 Å². The summed E-state index contributed by atoms with van der Waals surface area (Å²) in [5, 5.41) is 9.88. The van der Waals surface area contributed by atoms with Gasteiger partial charge in [-0.1, -0.05) is 31.9 Å². The molecule has 0 aliphatic carbocycles. The number of halogens is 2. The smallest absolute Gasteiger partial charge is 0.330 e. The van der Waals surface area contributed by atoms with E-state index in [1.807, 2.05) is 0 Å². The minimum atomic E-state index is -0.785. The summed E-state index contributed by atoms with van der Waals surface area (Å²) in [6.45, 7) is 0. The molecule has 1 unspecified atom stereocenters. The number of nitrogens with one attached hydrogen (secondary N) is 1. The van der Waals surface area contributed by atoms with Gasteiger partial charge in [-0.3, -0.25) is 14.3 Å². The number of aliphatic hydroxyl groups is 1. The van der Waals surface area contributed by atoms with Crippen molar-refractivity contribution < 1.29 is 9.84 Å². The molecule has 0 bridgehead atoms. The lowest BCUT2D eigenvalue weighted by atomic mass is 10.1. The molecule has 0 spiro atoms. The number of aromatic nitrogens is 2. The second kappa shape index (κ2) is 6.17. The van der Waals surface area contributed by atoms with Crippen molar-refractivity contribution in [1.29, 1.82) is 0 Å². The Morgan fingerprint density at radius 1 is 1.58 bits per heavy atom. The fraction of sp³-hybridized carbons (Fsp3) is 0.455. The van der Waals surface area contributed by atoms with E-state index in [9.17, 15) is 14.7 Å². The molecule has 0 radical (unpaired) electrons. The molecular weight excluding hydrogens is 384 g/mol. The van der Waals surface area contributed by atoms with E-state index >= 15 is 0 Å². The minimum absolute atomic E-state index is 0.0879. The Bertz CT molecular complexity index is 583. The van der Waals surface area contributed by atoms with Gasteiger partial charge in [0.15, 0.2) is 0 Å². The Hall–Kier alpha value is -0.700. The normalized spacial score (nSPS) is 28.9. The standard InChI is InChI=1S/C11H12Br2N2O4/c12-3-1-7(16)10-6(13)5-9(19-10)15-4-2-8(17)14-11(15)18/h1-4,6-7,9-10,16H,5H2,(H,14,17,18)/b3-1+/t6-,7?,9+,10-/m0/s1. The highest BCUT2D eigenvalue weighted by atomic mass is 79.9. The highest BCUT2D eigenvalue weighted by molar-refractivity contribution is 9.11. The van der Waals surface area contributed by atoms with Crippen LogP contribution < -0.4 is 11.2 Å². The molecule has 1 fully saturated rings. The van der Waals surface area contributed by atoms with Crippen molar-refractivity contribution in [2.45, 2.75) is 29.7 Å². The molecule has 2 rings (SSSR count).